The number of hydrogen-bond donors (Lipinski definition) is 1. The SMILES string of the molecule is CC.CCCc1cc(Cl)ccc1C1COc2ccc(SNC(=O)CCc3ccncc3)cc2N(CC2CCC2)C1. The molecule has 0 radical (unpaired) electrons. The number of pyridine rings is 1. The topological polar surface area (TPSA) is 54.5 Å². The van der Waals surface area contributed by atoms with E-state index in [1.165, 1.54) is 42.3 Å². The highest BCUT2D eigenvalue weighted by Gasteiger charge is 2.29. The first kappa shape index (κ1) is 30.3. The summed E-state index contributed by atoms with van der Waals surface area (Å²) >= 11 is 7.75. The zero-order valence-electron chi connectivity index (χ0n) is 24.0. The van der Waals surface area contributed by atoms with E-state index in [-0.39, 0.29) is 11.8 Å². The van der Waals surface area contributed by atoms with Gasteiger partial charge in [0.15, 0.2) is 0 Å². The molecule has 1 unspecified atom stereocenters. The van der Waals surface area contributed by atoms with Crippen LogP contribution in [-0.2, 0) is 17.6 Å². The molecule has 1 aliphatic carbocycles. The highest BCUT2D eigenvalue weighted by Crippen LogP contribution is 2.40. The van der Waals surface area contributed by atoms with Crippen LogP contribution in [0.5, 0.6) is 5.75 Å². The van der Waals surface area contributed by atoms with E-state index in [1.807, 2.05) is 38.1 Å². The molecular formula is C33H42ClN3O2S. The molecule has 1 fully saturated rings. The van der Waals surface area contributed by atoms with Gasteiger partial charge in [-0.05, 0) is 103 Å². The van der Waals surface area contributed by atoms with Gasteiger partial charge in [-0.3, -0.25) is 14.5 Å². The molecule has 1 N–H and O–H groups in total. The largest absolute Gasteiger partial charge is 0.491 e. The van der Waals surface area contributed by atoms with Crippen LogP contribution in [0.3, 0.4) is 0 Å². The number of carbonyl (C=O) groups excluding carboxylic acids is 1. The fourth-order valence-electron chi connectivity index (χ4n) is 5.32. The van der Waals surface area contributed by atoms with E-state index in [1.54, 1.807) is 12.4 Å². The standard InChI is InChI=1S/C31H36ClN3O2S.C2H6/c1-2-4-24-17-26(32)8-10-28(24)25-20-35(19-23-5-3-6-23)29-18-27(9-11-30(29)37-21-25)38-34-31(36)12-7-22-13-15-33-16-14-22;1-2/h8-11,13-18,23,25H,2-7,12,19-21H2,1H3,(H,34,36);1-2H3. The van der Waals surface area contributed by atoms with Gasteiger partial charge >= 0.3 is 0 Å². The van der Waals surface area contributed by atoms with Gasteiger partial charge < -0.3 is 9.64 Å². The Morgan fingerprint density at radius 1 is 1.10 bits per heavy atom. The Morgan fingerprint density at radius 3 is 2.62 bits per heavy atom. The van der Waals surface area contributed by atoms with E-state index < -0.39 is 0 Å². The van der Waals surface area contributed by atoms with Crippen LogP contribution in [0, 0.1) is 5.92 Å². The molecule has 2 aromatic carbocycles. The number of fused-ring (bicyclic) bond motifs is 1. The fourth-order valence-corrected chi connectivity index (χ4v) is 6.15. The van der Waals surface area contributed by atoms with Gasteiger partial charge in [0.25, 0.3) is 0 Å². The number of aromatic nitrogens is 1. The lowest BCUT2D eigenvalue weighted by molar-refractivity contribution is -0.119. The summed E-state index contributed by atoms with van der Waals surface area (Å²) in [7, 11) is 0. The van der Waals surface area contributed by atoms with Crippen molar-refractivity contribution < 1.29 is 9.53 Å². The third kappa shape index (κ3) is 8.17. The molecule has 0 bridgehead atoms. The zero-order chi connectivity index (χ0) is 28.3. The summed E-state index contributed by atoms with van der Waals surface area (Å²) in [4.78, 5) is 20.1. The second kappa shape index (κ2) is 15.3. The van der Waals surface area contributed by atoms with E-state index in [9.17, 15) is 4.79 Å². The van der Waals surface area contributed by atoms with Crippen LogP contribution in [0.15, 0.2) is 65.8 Å². The van der Waals surface area contributed by atoms with E-state index >= 15 is 0 Å². The number of aryl methyl sites for hydroxylation is 2. The number of nitrogens with zero attached hydrogens (tertiary/aromatic N) is 2. The summed E-state index contributed by atoms with van der Waals surface area (Å²) in [6.45, 7) is 8.80. The third-order valence-corrected chi connectivity index (χ3v) is 8.65. The first-order chi connectivity index (χ1) is 19.6. The predicted molar refractivity (Wildman–Crippen MR) is 168 cm³/mol. The lowest BCUT2D eigenvalue weighted by atomic mass is 9.84. The van der Waals surface area contributed by atoms with Gasteiger partial charge in [-0.1, -0.05) is 51.3 Å². The lowest BCUT2D eigenvalue weighted by Gasteiger charge is -2.35. The number of amides is 1. The molecule has 1 atom stereocenters. The van der Waals surface area contributed by atoms with Crippen molar-refractivity contribution in [3.63, 3.8) is 0 Å². The van der Waals surface area contributed by atoms with Crippen molar-refractivity contribution in [1.29, 1.82) is 0 Å². The molecule has 0 saturated heterocycles. The Hall–Kier alpha value is -2.70. The maximum Gasteiger partial charge on any atom is 0.230 e. The molecule has 1 saturated carbocycles. The van der Waals surface area contributed by atoms with Crippen molar-refractivity contribution in [2.45, 2.75) is 76.5 Å². The first-order valence-electron chi connectivity index (χ1n) is 14.7. The molecule has 1 amide bonds. The zero-order valence-corrected chi connectivity index (χ0v) is 25.6. The Morgan fingerprint density at radius 2 is 1.90 bits per heavy atom. The number of carbonyl (C=O) groups is 1. The van der Waals surface area contributed by atoms with Gasteiger partial charge in [0.05, 0.1) is 12.3 Å². The maximum absolute atomic E-state index is 12.5. The summed E-state index contributed by atoms with van der Waals surface area (Å²) in [5.74, 6) is 1.94. The van der Waals surface area contributed by atoms with Crippen molar-refractivity contribution in [1.82, 2.24) is 9.71 Å². The van der Waals surface area contributed by atoms with Crippen molar-refractivity contribution in [2.75, 3.05) is 24.6 Å². The van der Waals surface area contributed by atoms with Crippen LogP contribution in [0.1, 0.15) is 75.5 Å². The second-order valence-electron chi connectivity index (χ2n) is 10.4. The van der Waals surface area contributed by atoms with Gasteiger partial charge in [0.1, 0.15) is 5.75 Å². The van der Waals surface area contributed by atoms with Gasteiger partial charge in [0, 0.05) is 47.7 Å². The quantitative estimate of drug-likeness (QED) is 0.245. The van der Waals surface area contributed by atoms with Gasteiger partial charge in [0.2, 0.25) is 5.91 Å². The summed E-state index contributed by atoms with van der Waals surface area (Å²) < 4.78 is 9.46. The minimum absolute atomic E-state index is 0.0237. The van der Waals surface area contributed by atoms with Crippen molar-refractivity contribution in [3.8, 4) is 5.75 Å². The van der Waals surface area contributed by atoms with Crippen LogP contribution in [0.4, 0.5) is 5.69 Å². The van der Waals surface area contributed by atoms with Crippen LogP contribution in [0.25, 0.3) is 0 Å². The normalized spacial score (nSPS) is 16.5. The Balaban J connectivity index is 0.00000181. The van der Waals surface area contributed by atoms with Crippen LogP contribution in [0.2, 0.25) is 5.02 Å². The van der Waals surface area contributed by atoms with Crippen LogP contribution in [-0.4, -0.2) is 30.6 Å². The molecule has 1 aromatic heterocycles. The number of benzene rings is 2. The Kier molecular flexibility index (Phi) is 11.6. The number of halogens is 1. The average Bonchev–Trinajstić information content (AvgIpc) is 3.14. The summed E-state index contributed by atoms with van der Waals surface area (Å²) in [5.41, 5.74) is 4.92. The second-order valence-corrected chi connectivity index (χ2v) is 11.7. The molecule has 0 spiro atoms. The van der Waals surface area contributed by atoms with Crippen LogP contribution < -0.4 is 14.4 Å². The minimum atomic E-state index is 0.0237. The minimum Gasteiger partial charge on any atom is -0.491 e. The van der Waals surface area contributed by atoms with Gasteiger partial charge in [-0.2, -0.15) is 0 Å². The molecular weight excluding hydrogens is 538 g/mol. The van der Waals surface area contributed by atoms with Gasteiger partial charge in [-0.15, -0.1) is 0 Å². The van der Waals surface area contributed by atoms with E-state index in [4.69, 9.17) is 16.3 Å². The van der Waals surface area contributed by atoms with Crippen molar-refractivity contribution >= 4 is 35.1 Å². The molecule has 40 heavy (non-hydrogen) atoms. The molecule has 3 aromatic rings. The molecule has 5 nitrogen and oxygen atoms in total. The van der Waals surface area contributed by atoms with Crippen molar-refractivity contribution in [2.24, 2.45) is 5.92 Å². The smallest absolute Gasteiger partial charge is 0.230 e. The first-order valence-corrected chi connectivity index (χ1v) is 15.9. The fraction of sp³-hybridized carbons (Fsp3) is 0.455. The number of hydrogen-bond acceptors (Lipinski definition) is 5. The van der Waals surface area contributed by atoms with E-state index in [0.717, 1.165) is 58.8 Å². The summed E-state index contributed by atoms with van der Waals surface area (Å²) in [5, 5.41) is 0.797. The van der Waals surface area contributed by atoms with Gasteiger partial charge in [-0.25, -0.2) is 0 Å². The summed E-state index contributed by atoms with van der Waals surface area (Å²) in [6, 6.07) is 16.5. The van der Waals surface area contributed by atoms with Crippen molar-refractivity contribution in [3.05, 3.63) is 82.6 Å². The highest BCUT2D eigenvalue weighted by atomic mass is 35.5. The number of ether oxygens (including phenoxy) is 1. The average molecular weight is 580 g/mol. The molecule has 2 heterocycles. The predicted octanol–water partition coefficient (Wildman–Crippen LogP) is 8.25. The number of anilines is 1. The monoisotopic (exact) mass is 579 g/mol. The maximum atomic E-state index is 12.5. The lowest BCUT2D eigenvalue weighted by Crippen LogP contribution is -2.35. The van der Waals surface area contributed by atoms with E-state index in [0.29, 0.717) is 19.4 Å². The number of rotatable bonds is 10. The molecule has 2 aliphatic rings. The highest BCUT2D eigenvalue weighted by molar-refractivity contribution is 7.98. The Labute approximate surface area is 249 Å². The molecule has 7 heteroatoms. The molecule has 1 aliphatic heterocycles. The third-order valence-electron chi connectivity index (χ3n) is 7.59. The van der Waals surface area contributed by atoms with E-state index in [2.05, 4.69) is 45.8 Å². The Bertz CT molecular complexity index is 1240. The summed E-state index contributed by atoms with van der Waals surface area (Å²) in [6.07, 6.45) is 10.7. The van der Waals surface area contributed by atoms with Crippen LogP contribution >= 0.6 is 23.5 Å². The molecule has 5 rings (SSSR count). The number of nitrogens with one attached hydrogen (secondary N) is 1. The molecule has 214 valence electrons.